The van der Waals surface area contributed by atoms with Crippen LogP contribution in [-0.2, 0) is 19.7 Å². The number of hydrogen-bond acceptors (Lipinski definition) is 3. The fourth-order valence-corrected chi connectivity index (χ4v) is 3.55. The van der Waals surface area contributed by atoms with Gasteiger partial charge < -0.3 is 9.47 Å². The summed E-state index contributed by atoms with van der Waals surface area (Å²) in [7, 11) is 0. The quantitative estimate of drug-likeness (QED) is 0.798. The molecule has 1 aliphatic carbocycles. The van der Waals surface area contributed by atoms with Crippen molar-refractivity contribution >= 4 is 5.97 Å². The third-order valence-corrected chi connectivity index (χ3v) is 4.96. The average molecular weight is 306 g/mol. The molecule has 0 N–H and O–H groups in total. The van der Waals surface area contributed by atoms with Crippen LogP contribution in [-0.4, -0.2) is 25.3 Å². The van der Waals surface area contributed by atoms with Crippen LogP contribution in [0, 0.1) is 5.82 Å². The van der Waals surface area contributed by atoms with Gasteiger partial charge in [0.15, 0.2) is 0 Å². The Morgan fingerprint density at radius 2 is 1.73 bits per heavy atom. The SMILES string of the molecule is O=C(OC1CCCCC1)C1(c2ccc(F)cc2)CCOCC1. The molecule has 1 aliphatic heterocycles. The maximum atomic E-state index is 13.2. The van der Waals surface area contributed by atoms with Gasteiger partial charge in [0, 0.05) is 13.2 Å². The van der Waals surface area contributed by atoms with Gasteiger partial charge in [-0.15, -0.1) is 0 Å². The summed E-state index contributed by atoms with van der Waals surface area (Å²) in [6.07, 6.45) is 6.65. The summed E-state index contributed by atoms with van der Waals surface area (Å²) in [5, 5.41) is 0. The Balaban J connectivity index is 1.81. The first-order valence-electron chi connectivity index (χ1n) is 8.26. The van der Waals surface area contributed by atoms with E-state index in [4.69, 9.17) is 9.47 Å². The van der Waals surface area contributed by atoms with Crippen molar-refractivity contribution in [1.29, 1.82) is 0 Å². The van der Waals surface area contributed by atoms with Crippen molar-refractivity contribution in [3.63, 3.8) is 0 Å². The van der Waals surface area contributed by atoms with Crippen molar-refractivity contribution in [3.05, 3.63) is 35.6 Å². The Morgan fingerprint density at radius 3 is 2.36 bits per heavy atom. The van der Waals surface area contributed by atoms with Crippen LogP contribution in [0.1, 0.15) is 50.5 Å². The molecule has 22 heavy (non-hydrogen) atoms. The number of hydrogen-bond donors (Lipinski definition) is 0. The molecule has 1 heterocycles. The molecular formula is C18H23FO3. The largest absolute Gasteiger partial charge is 0.462 e. The summed E-state index contributed by atoms with van der Waals surface area (Å²) in [4.78, 5) is 12.9. The summed E-state index contributed by atoms with van der Waals surface area (Å²) in [5.41, 5.74) is 0.168. The van der Waals surface area contributed by atoms with Crippen molar-refractivity contribution in [2.24, 2.45) is 0 Å². The van der Waals surface area contributed by atoms with Crippen molar-refractivity contribution in [3.8, 4) is 0 Å². The molecule has 4 heteroatoms. The third-order valence-electron chi connectivity index (χ3n) is 4.96. The van der Waals surface area contributed by atoms with Crippen LogP contribution < -0.4 is 0 Å². The second-order valence-corrected chi connectivity index (χ2v) is 6.37. The van der Waals surface area contributed by atoms with Gasteiger partial charge >= 0.3 is 5.97 Å². The Kier molecular flexibility index (Phi) is 4.77. The Labute approximate surface area is 130 Å². The minimum absolute atomic E-state index is 0.0430. The summed E-state index contributed by atoms with van der Waals surface area (Å²) in [5.74, 6) is -0.444. The molecule has 0 aromatic heterocycles. The predicted octanol–water partition coefficient (Wildman–Crippen LogP) is 3.75. The number of carbonyl (C=O) groups excluding carboxylic acids is 1. The number of benzene rings is 1. The smallest absolute Gasteiger partial charge is 0.317 e. The molecule has 0 unspecified atom stereocenters. The van der Waals surface area contributed by atoms with E-state index in [0.717, 1.165) is 31.2 Å². The monoisotopic (exact) mass is 306 g/mol. The lowest BCUT2D eigenvalue weighted by Crippen LogP contribution is -2.44. The van der Waals surface area contributed by atoms with E-state index in [1.807, 2.05) is 0 Å². The lowest BCUT2D eigenvalue weighted by atomic mass is 9.74. The number of esters is 1. The highest BCUT2D eigenvalue weighted by Gasteiger charge is 2.44. The molecule has 3 rings (SSSR count). The van der Waals surface area contributed by atoms with Crippen LogP contribution in [0.5, 0.6) is 0 Å². The number of carbonyl (C=O) groups is 1. The highest BCUT2D eigenvalue weighted by molar-refractivity contribution is 5.83. The second kappa shape index (κ2) is 6.78. The molecular weight excluding hydrogens is 283 g/mol. The van der Waals surface area contributed by atoms with Gasteiger partial charge in [0.05, 0.1) is 5.41 Å². The van der Waals surface area contributed by atoms with Gasteiger partial charge in [0.25, 0.3) is 0 Å². The maximum absolute atomic E-state index is 13.2. The number of ether oxygens (including phenoxy) is 2. The van der Waals surface area contributed by atoms with Gasteiger partial charge in [-0.1, -0.05) is 18.6 Å². The molecule has 0 bridgehead atoms. The summed E-state index contributed by atoms with van der Waals surface area (Å²) < 4.78 is 24.5. The number of halogens is 1. The lowest BCUT2D eigenvalue weighted by molar-refractivity contribution is -0.161. The van der Waals surface area contributed by atoms with Crippen LogP contribution >= 0.6 is 0 Å². The van der Waals surface area contributed by atoms with Crippen LogP contribution in [0.3, 0.4) is 0 Å². The predicted molar refractivity (Wildman–Crippen MR) is 81.1 cm³/mol. The molecule has 2 aliphatic rings. The van der Waals surface area contributed by atoms with E-state index in [-0.39, 0.29) is 17.9 Å². The lowest BCUT2D eigenvalue weighted by Gasteiger charge is -2.37. The van der Waals surface area contributed by atoms with Gasteiger partial charge in [-0.25, -0.2) is 4.39 Å². The maximum Gasteiger partial charge on any atom is 0.317 e. The Bertz CT molecular complexity index is 500. The van der Waals surface area contributed by atoms with Crippen molar-refractivity contribution in [2.45, 2.75) is 56.5 Å². The Hall–Kier alpha value is -1.42. The Morgan fingerprint density at radius 1 is 1.09 bits per heavy atom. The molecule has 1 saturated heterocycles. The van der Waals surface area contributed by atoms with Gasteiger partial charge in [0.1, 0.15) is 11.9 Å². The van der Waals surface area contributed by atoms with Gasteiger partial charge in [0.2, 0.25) is 0 Å². The topological polar surface area (TPSA) is 35.5 Å². The second-order valence-electron chi connectivity index (χ2n) is 6.37. The zero-order valence-corrected chi connectivity index (χ0v) is 12.9. The van der Waals surface area contributed by atoms with Crippen molar-refractivity contribution in [1.82, 2.24) is 0 Å². The van der Waals surface area contributed by atoms with E-state index < -0.39 is 5.41 Å². The fraction of sp³-hybridized carbons (Fsp3) is 0.611. The van der Waals surface area contributed by atoms with E-state index in [1.165, 1.54) is 18.6 Å². The van der Waals surface area contributed by atoms with E-state index in [0.29, 0.717) is 26.1 Å². The fourth-order valence-electron chi connectivity index (χ4n) is 3.55. The molecule has 1 saturated carbocycles. The first-order valence-corrected chi connectivity index (χ1v) is 8.26. The molecule has 0 amide bonds. The molecule has 0 spiro atoms. The van der Waals surface area contributed by atoms with Crippen molar-refractivity contribution < 1.29 is 18.7 Å². The molecule has 3 nitrogen and oxygen atoms in total. The molecule has 0 atom stereocenters. The highest BCUT2D eigenvalue weighted by Crippen LogP contribution is 2.37. The van der Waals surface area contributed by atoms with Crippen LogP contribution in [0.15, 0.2) is 24.3 Å². The standard InChI is InChI=1S/C18H23FO3/c19-15-8-6-14(7-9-15)18(10-12-21-13-11-18)17(20)22-16-4-2-1-3-5-16/h6-9,16H,1-5,10-13H2. The molecule has 0 radical (unpaired) electrons. The van der Waals surface area contributed by atoms with E-state index in [1.54, 1.807) is 12.1 Å². The van der Waals surface area contributed by atoms with Gasteiger partial charge in [-0.05, 0) is 56.2 Å². The molecule has 120 valence electrons. The summed E-state index contributed by atoms with van der Waals surface area (Å²) in [6.45, 7) is 1.08. The van der Waals surface area contributed by atoms with Gasteiger partial charge in [-0.3, -0.25) is 4.79 Å². The third kappa shape index (κ3) is 3.17. The van der Waals surface area contributed by atoms with Gasteiger partial charge in [-0.2, -0.15) is 0 Å². The first-order chi connectivity index (χ1) is 10.7. The van der Waals surface area contributed by atoms with Crippen molar-refractivity contribution in [2.75, 3.05) is 13.2 Å². The summed E-state index contributed by atoms with van der Waals surface area (Å²) in [6, 6.07) is 6.26. The zero-order valence-electron chi connectivity index (χ0n) is 12.9. The van der Waals surface area contributed by atoms with E-state index in [9.17, 15) is 9.18 Å². The van der Waals surface area contributed by atoms with E-state index in [2.05, 4.69) is 0 Å². The molecule has 1 aromatic carbocycles. The van der Waals surface area contributed by atoms with Crippen LogP contribution in [0.2, 0.25) is 0 Å². The van der Waals surface area contributed by atoms with Crippen LogP contribution in [0.4, 0.5) is 4.39 Å². The van der Waals surface area contributed by atoms with Crippen LogP contribution in [0.25, 0.3) is 0 Å². The normalized spacial score (nSPS) is 22.2. The highest BCUT2D eigenvalue weighted by atomic mass is 19.1. The minimum Gasteiger partial charge on any atom is -0.462 e. The molecule has 2 fully saturated rings. The minimum atomic E-state index is -0.677. The number of rotatable bonds is 3. The summed E-state index contributed by atoms with van der Waals surface area (Å²) >= 11 is 0. The first kappa shape index (κ1) is 15.5. The average Bonchev–Trinajstić information content (AvgIpc) is 2.57. The molecule has 1 aromatic rings. The van der Waals surface area contributed by atoms with E-state index >= 15 is 0 Å². The zero-order chi connectivity index (χ0) is 15.4.